The molecule has 7 heteroatoms. The third-order valence-corrected chi connectivity index (χ3v) is 5.58. The molecule has 0 bridgehead atoms. The Labute approximate surface area is 169 Å². The van der Waals surface area contributed by atoms with E-state index in [0.717, 1.165) is 24.3 Å². The number of benzene rings is 1. The number of carbonyl (C=O) groups excluding carboxylic acids is 2. The Morgan fingerprint density at radius 2 is 2.14 bits per heavy atom. The number of hydrogen-bond acceptors (Lipinski definition) is 6. The van der Waals surface area contributed by atoms with Gasteiger partial charge in [0.15, 0.2) is 6.61 Å². The normalized spacial score (nSPS) is 16.0. The SMILES string of the molecule is Cc1ccc(Sc2ncccc2C(=O)OCC(=O)NC[C@H]2CCCO2)cc1C. The van der Waals surface area contributed by atoms with Gasteiger partial charge in [0.1, 0.15) is 5.03 Å². The van der Waals surface area contributed by atoms with Crippen molar-refractivity contribution >= 4 is 23.6 Å². The molecule has 148 valence electrons. The van der Waals surface area contributed by atoms with Gasteiger partial charge in [0, 0.05) is 24.2 Å². The van der Waals surface area contributed by atoms with E-state index < -0.39 is 5.97 Å². The topological polar surface area (TPSA) is 77.5 Å². The summed E-state index contributed by atoms with van der Waals surface area (Å²) in [6.07, 6.45) is 3.64. The molecule has 1 atom stereocenters. The molecule has 1 amide bonds. The second-order valence-electron chi connectivity index (χ2n) is 6.72. The lowest BCUT2D eigenvalue weighted by Gasteiger charge is -2.12. The average molecular weight is 401 g/mol. The van der Waals surface area contributed by atoms with Crippen molar-refractivity contribution in [2.45, 2.75) is 42.7 Å². The van der Waals surface area contributed by atoms with Crippen LogP contribution in [0, 0.1) is 13.8 Å². The Kier molecular flexibility index (Phi) is 7.06. The van der Waals surface area contributed by atoms with Crippen molar-refractivity contribution in [2.24, 2.45) is 0 Å². The summed E-state index contributed by atoms with van der Waals surface area (Å²) in [4.78, 5) is 29.7. The van der Waals surface area contributed by atoms with E-state index in [1.54, 1.807) is 18.3 Å². The molecule has 2 heterocycles. The van der Waals surface area contributed by atoms with Crippen LogP contribution in [0.5, 0.6) is 0 Å². The van der Waals surface area contributed by atoms with Gasteiger partial charge in [-0.2, -0.15) is 0 Å². The van der Waals surface area contributed by atoms with Crippen molar-refractivity contribution in [3.8, 4) is 0 Å². The zero-order valence-corrected chi connectivity index (χ0v) is 16.9. The maximum atomic E-state index is 12.5. The quantitative estimate of drug-likeness (QED) is 0.719. The van der Waals surface area contributed by atoms with E-state index in [2.05, 4.69) is 23.3 Å². The lowest BCUT2D eigenvalue weighted by atomic mass is 10.1. The van der Waals surface area contributed by atoms with E-state index in [-0.39, 0.29) is 18.6 Å². The first-order chi connectivity index (χ1) is 13.5. The molecule has 1 fully saturated rings. The van der Waals surface area contributed by atoms with Crippen LogP contribution < -0.4 is 5.32 Å². The number of ether oxygens (including phenoxy) is 2. The minimum atomic E-state index is -0.563. The molecular weight excluding hydrogens is 376 g/mol. The fourth-order valence-corrected chi connectivity index (χ4v) is 3.78. The third-order valence-electron chi connectivity index (χ3n) is 4.57. The summed E-state index contributed by atoms with van der Waals surface area (Å²) in [6, 6.07) is 9.43. The third kappa shape index (κ3) is 5.56. The van der Waals surface area contributed by atoms with Crippen molar-refractivity contribution in [2.75, 3.05) is 19.8 Å². The van der Waals surface area contributed by atoms with Gasteiger partial charge in [0.2, 0.25) is 0 Å². The highest BCUT2D eigenvalue weighted by molar-refractivity contribution is 7.99. The number of carbonyl (C=O) groups is 2. The van der Waals surface area contributed by atoms with Crippen molar-refractivity contribution in [3.05, 3.63) is 53.2 Å². The lowest BCUT2D eigenvalue weighted by Crippen LogP contribution is -2.34. The van der Waals surface area contributed by atoms with Gasteiger partial charge in [-0.3, -0.25) is 4.79 Å². The van der Waals surface area contributed by atoms with Gasteiger partial charge < -0.3 is 14.8 Å². The standard InChI is InChI=1S/C21H24N2O4S/c1-14-7-8-17(11-15(14)2)28-20-18(6-3-9-22-20)21(25)27-13-19(24)23-12-16-5-4-10-26-16/h3,6-9,11,16H,4-5,10,12-13H2,1-2H3,(H,23,24)/t16-/m1/s1. The first-order valence-corrected chi connectivity index (χ1v) is 10.1. The predicted molar refractivity (Wildman–Crippen MR) is 107 cm³/mol. The molecule has 1 saturated heterocycles. The van der Waals surface area contributed by atoms with Crippen LogP contribution in [0.4, 0.5) is 0 Å². The van der Waals surface area contributed by atoms with E-state index in [4.69, 9.17) is 9.47 Å². The van der Waals surface area contributed by atoms with Crippen LogP contribution in [-0.2, 0) is 14.3 Å². The molecule has 0 saturated carbocycles. The Bertz CT molecular complexity index is 850. The van der Waals surface area contributed by atoms with Crippen molar-refractivity contribution < 1.29 is 19.1 Å². The fourth-order valence-electron chi connectivity index (χ4n) is 2.81. The molecule has 3 rings (SSSR count). The number of hydrogen-bond donors (Lipinski definition) is 1. The van der Waals surface area contributed by atoms with E-state index in [1.807, 2.05) is 19.1 Å². The molecule has 2 aromatic rings. The zero-order valence-electron chi connectivity index (χ0n) is 16.1. The molecule has 1 aromatic heterocycles. The molecule has 0 spiro atoms. The van der Waals surface area contributed by atoms with Gasteiger partial charge in [-0.15, -0.1) is 0 Å². The van der Waals surface area contributed by atoms with Crippen molar-refractivity contribution in [1.82, 2.24) is 10.3 Å². The maximum Gasteiger partial charge on any atom is 0.341 e. The van der Waals surface area contributed by atoms with Crippen molar-refractivity contribution in [3.63, 3.8) is 0 Å². The highest BCUT2D eigenvalue weighted by atomic mass is 32.2. The van der Waals surface area contributed by atoms with Gasteiger partial charge in [0.25, 0.3) is 5.91 Å². The maximum absolute atomic E-state index is 12.5. The van der Waals surface area contributed by atoms with Crippen LogP contribution in [0.2, 0.25) is 0 Å². The summed E-state index contributed by atoms with van der Waals surface area (Å²) in [7, 11) is 0. The number of amides is 1. The number of nitrogens with zero attached hydrogens (tertiary/aromatic N) is 1. The number of aromatic nitrogens is 1. The van der Waals surface area contributed by atoms with Gasteiger partial charge in [-0.25, -0.2) is 9.78 Å². The highest BCUT2D eigenvalue weighted by Crippen LogP contribution is 2.30. The number of nitrogens with one attached hydrogen (secondary N) is 1. The number of aryl methyl sites for hydroxylation is 2. The van der Waals surface area contributed by atoms with Crippen LogP contribution in [-0.4, -0.2) is 42.7 Å². The smallest absolute Gasteiger partial charge is 0.341 e. The van der Waals surface area contributed by atoms with E-state index >= 15 is 0 Å². The summed E-state index contributed by atoms with van der Waals surface area (Å²) in [5.74, 6) is -0.900. The number of esters is 1. The molecule has 0 aliphatic carbocycles. The van der Waals surface area contributed by atoms with Crippen LogP contribution in [0.3, 0.4) is 0 Å². The van der Waals surface area contributed by atoms with Crippen molar-refractivity contribution in [1.29, 1.82) is 0 Å². The molecule has 0 radical (unpaired) electrons. The summed E-state index contributed by atoms with van der Waals surface area (Å²) < 4.78 is 10.6. The van der Waals surface area contributed by atoms with E-state index in [0.29, 0.717) is 17.1 Å². The highest BCUT2D eigenvalue weighted by Gasteiger charge is 2.18. The summed E-state index contributed by atoms with van der Waals surface area (Å²) in [6.45, 7) is 4.95. The molecular formula is C21H24N2O4S. The summed E-state index contributed by atoms with van der Waals surface area (Å²) in [5.41, 5.74) is 2.73. The average Bonchev–Trinajstić information content (AvgIpc) is 3.21. The second kappa shape index (κ2) is 9.71. The fraction of sp³-hybridized carbons (Fsp3) is 0.381. The van der Waals surface area contributed by atoms with Gasteiger partial charge in [-0.1, -0.05) is 17.8 Å². The largest absolute Gasteiger partial charge is 0.452 e. The number of pyridine rings is 1. The molecule has 1 N–H and O–H groups in total. The molecule has 28 heavy (non-hydrogen) atoms. The molecule has 6 nitrogen and oxygen atoms in total. The van der Waals surface area contributed by atoms with Gasteiger partial charge >= 0.3 is 5.97 Å². The summed E-state index contributed by atoms with van der Waals surface area (Å²) >= 11 is 1.40. The zero-order chi connectivity index (χ0) is 19.9. The minimum Gasteiger partial charge on any atom is -0.452 e. The first kappa shape index (κ1) is 20.4. The molecule has 1 aromatic carbocycles. The number of rotatable bonds is 7. The van der Waals surface area contributed by atoms with Crippen LogP contribution in [0.15, 0.2) is 46.5 Å². The Balaban J connectivity index is 1.57. The Hall–Kier alpha value is -2.38. The van der Waals surface area contributed by atoms with Crippen LogP contribution in [0.1, 0.15) is 34.3 Å². The van der Waals surface area contributed by atoms with Crippen LogP contribution in [0.25, 0.3) is 0 Å². The predicted octanol–water partition coefficient (Wildman–Crippen LogP) is 3.30. The van der Waals surface area contributed by atoms with Crippen LogP contribution >= 0.6 is 11.8 Å². The van der Waals surface area contributed by atoms with Gasteiger partial charge in [0.05, 0.1) is 11.7 Å². The molecule has 1 aliphatic heterocycles. The van der Waals surface area contributed by atoms with E-state index in [1.165, 1.54) is 22.9 Å². The second-order valence-corrected chi connectivity index (χ2v) is 7.78. The van der Waals surface area contributed by atoms with E-state index in [9.17, 15) is 9.59 Å². The monoisotopic (exact) mass is 400 g/mol. The Morgan fingerprint density at radius 1 is 1.29 bits per heavy atom. The molecule has 0 unspecified atom stereocenters. The summed E-state index contributed by atoms with van der Waals surface area (Å²) in [5, 5.41) is 3.29. The minimum absolute atomic E-state index is 0.0546. The van der Waals surface area contributed by atoms with Gasteiger partial charge in [-0.05, 0) is 62.1 Å². The first-order valence-electron chi connectivity index (χ1n) is 9.28. The lowest BCUT2D eigenvalue weighted by molar-refractivity contribution is -0.124. The molecule has 1 aliphatic rings. The Morgan fingerprint density at radius 3 is 2.89 bits per heavy atom.